The topological polar surface area (TPSA) is 87.5 Å². The summed E-state index contributed by atoms with van der Waals surface area (Å²) in [5.74, 6) is 2.37. The first-order valence-corrected chi connectivity index (χ1v) is 11.0. The number of carbonyl (C=O) groups is 1. The maximum Gasteiger partial charge on any atom is 0.234 e. The van der Waals surface area contributed by atoms with Crippen LogP contribution in [0.1, 0.15) is 5.82 Å². The first-order valence-electron chi connectivity index (χ1n) is 9.60. The summed E-state index contributed by atoms with van der Waals surface area (Å²) < 4.78 is 18.1. The minimum Gasteiger partial charge on any atom is -0.497 e. The fourth-order valence-corrected chi connectivity index (χ4v) is 3.64. The SMILES string of the molecule is C=CCn1c(COc2ccc(Cl)cc2)nnc1SCC(=O)Nc1cc(OC)ccc1OC. The lowest BCUT2D eigenvalue weighted by atomic mass is 10.2. The summed E-state index contributed by atoms with van der Waals surface area (Å²) in [6.45, 7) is 4.49. The highest BCUT2D eigenvalue weighted by atomic mass is 35.5. The number of hydrogen-bond donors (Lipinski definition) is 1. The molecule has 3 aromatic rings. The van der Waals surface area contributed by atoms with Gasteiger partial charge < -0.3 is 19.5 Å². The predicted octanol–water partition coefficient (Wildman–Crippen LogP) is 4.44. The number of allylic oxidation sites excluding steroid dienone is 1. The third-order valence-corrected chi connectivity index (χ3v) is 5.52. The fraction of sp³-hybridized carbons (Fsp3) is 0.227. The molecule has 1 N–H and O–H groups in total. The van der Waals surface area contributed by atoms with Gasteiger partial charge in [-0.2, -0.15) is 0 Å². The molecule has 168 valence electrons. The Kier molecular flexibility index (Phi) is 8.41. The van der Waals surface area contributed by atoms with Gasteiger partial charge >= 0.3 is 0 Å². The zero-order valence-electron chi connectivity index (χ0n) is 17.7. The number of nitrogens with one attached hydrogen (secondary N) is 1. The highest BCUT2D eigenvalue weighted by Crippen LogP contribution is 2.29. The standard InChI is InChI=1S/C22H23ClN4O4S/c1-4-11-27-20(13-31-16-7-5-15(23)6-8-16)25-26-22(27)32-14-21(28)24-18-12-17(29-2)9-10-19(18)30-3/h4-10,12H,1,11,13-14H2,2-3H3,(H,24,28). The molecule has 1 heterocycles. The number of nitrogens with zero attached hydrogens (tertiary/aromatic N) is 3. The average molecular weight is 475 g/mol. The zero-order chi connectivity index (χ0) is 22.9. The Labute approximate surface area is 195 Å². The lowest BCUT2D eigenvalue weighted by molar-refractivity contribution is -0.113. The molecule has 10 heteroatoms. The van der Waals surface area contributed by atoms with E-state index in [1.165, 1.54) is 18.9 Å². The van der Waals surface area contributed by atoms with Crippen molar-refractivity contribution in [3.63, 3.8) is 0 Å². The van der Waals surface area contributed by atoms with Crippen LogP contribution in [-0.4, -0.2) is 40.6 Å². The van der Waals surface area contributed by atoms with Gasteiger partial charge in [0.2, 0.25) is 5.91 Å². The summed E-state index contributed by atoms with van der Waals surface area (Å²) in [5, 5.41) is 12.5. The van der Waals surface area contributed by atoms with Crippen molar-refractivity contribution in [3.05, 3.63) is 66.0 Å². The van der Waals surface area contributed by atoms with Crippen LogP contribution in [0.25, 0.3) is 0 Å². The summed E-state index contributed by atoms with van der Waals surface area (Å²) in [6.07, 6.45) is 1.74. The summed E-state index contributed by atoms with van der Waals surface area (Å²) in [5.41, 5.74) is 0.530. The Bertz CT molecular complexity index is 1070. The number of carbonyl (C=O) groups excluding carboxylic acids is 1. The highest BCUT2D eigenvalue weighted by Gasteiger charge is 2.15. The highest BCUT2D eigenvalue weighted by molar-refractivity contribution is 7.99. The van der Waals surface area contributed by atoms with Gasteiger partial charge in [0.1, 0.15) is 23.9 Å². The molecule has 8 nitrogen and oxygen atoms in total. The number of hydrogen-bond acceptors (Lipinski definition) is 7. The zero-order valence-corrected chi connectivity index (χ0v) is 19.3. The number of anilines is 1. The van der Waals surface area contributed by atoms with Gasteiger partial charge in [0.15, 0.2) is 11.0 Å². The van der Waals surface area contributed by atoms with E-state index in [4.69, 9.17) is 25.8 Å². The van der Waals surface area contributed by atoms with Gasteiger partial charge in [0, 0.05) is 17.6 Å². The molecule has 0 saturated carbocycles. The van der Waals surface area contributed by atoms with Crippen LogP contribution in [0.15, 0.2) is 60.3 Å². The number of thioether (sulfide) groups is 1. The van der Waals surface area contributed by atoms with Gasteiger partial charge in [0.05, 0.1) is 25.7 Å². The third kappa shape index (κ3) is 6.18. The third-order valence-electron chi connectivity index (χ3n) is 4.30. The average Bonchev–Trinajstić information content (AvgIpc) is 3.19. The Morgan fingerprint density at radius 1 is 1.16 bits per heavy atom. The van der Waals surface area contributed by atoms with E-state index in [2.05, 4.69) is 22.1 Å². The largest absolute Gasteiger partial charge is 0.497 e. The van der Waals surface area contributed by atoms with Gasteiger partial charge in [-0.15, -0.1) is 16.8 Å². The second kappa shape index (κ2) is 11.4. The van der Waals surface area contributed by atoms with E-state index < -0.39 is 0 Å². The van der Waals surface area contributed by atoms with E-state index in [0.717, 1.165) is 0 Å². The summed E-state index contributed by atoms with van der Waals surface area (Å²) in [6, 6.07) is 12.3. The van der Waals surface area contributed by atoms with E-state index >= 15 is 0 Å². The van der Waals surface area contributed by atoms with Crippen molar-refractivity contribution in [1.29, 1.82) is 0 Å². The molecular weight excluding hydrogens is 452 g/mol. The van der Waals surface area contributed by atoms with Crippen LogP contribution in [0.5, 0.6) is 17.2 Å². The van der Waals surface area contributed by atoms with Crippen molar-refractivity contribution in [2.75, 3.05) is 25.3 Å². The van der Waals surface area contributed by atoms with Gasteiger partial charge in [-0.05, 0) is 36.4 Å². The molecule has 3 rings (SSSR count). The monoisotopic (exact) mass is 474 g/mol. The van der Waals surface area contributed by atoms with E-state index in [1.54, 1.807) is 55.7 Å². The Balaban J connectivity index is 1.63. The smallest absolute Gasteiger partial charge is 0.234 e. The number of amides is 1. The molecule has 2 aromatic carbocycles. The van der Waals surface area contributed by atoms with Gasteiger partial charge in [0.25, 0.3) is 0 Å². The lowest BCUT2D eigenvalue weighted by Gasteiger charge is -2.12. The van der Waals surface area contributed by atoms with Gasteiger partial charge in [-0.3, -0.25) is 9.36 Å². The minimum absolute atomic E-state index is 0.133. The van der Waals surface area contributed by atoms with Crippen LogP contribution >= 0.6 is 23.4 Å². The summed E-state index contributed by atoms with van der Waals surface area (Å²) in [7, 11) is 3.10. The van der Waals surface area contributed by atoms with Crippen molar-refractivity contribution in [3.8, 4) is 17.2 Å². The molecule has 0 atom stereocenters. The normalized spacial score (nSPS) is 10.5. The molecule has 0 fully saturated rings. The Hall–Kier alpha value is -3.17. The minimum atomic E-state index is -0.214. The van der Waals surface area contributed by atoms with Crippen molar-refractivity contribution >= 4 is 35.0 Å². The first-order chi connectivity index (χ1) is 15.5. The predicted molar refractivity (Wildman–Crippen MR) is 125 cm³/mol. The number of rotatable bonds is 11. The van der Waals surface area contributed by atoms with E-state index in [0.29, 0.717) is 45.5 Å². The number of benzene rings is 2. The van der Waals surface area contributed by atoms with E-state index in [1.807, 2.05) is 4.57 Å². The van der Waals surface area contributed by atoms with Crippen LogP contribution in [0, 0.1) is 0 Å². The van der Waals surface area contributed by atoms with E-state index in [-0.39, 0.29) is 18.3 Å². The molecule has 32 heavy (non-hydrogen) atoms. The maximum atomic E-state index is 12.5. The van der Waals surface area contributed by atoms with Crippen LogP contribution < -0.4 is 19.5 Å². The van der Waals surface area contributed by atoms with Crippen LogP contribution in [-0.2, 0) is 17.9 Å². The molecule has 1 aromatic heterocycles. The van der Waals surface area contributed by atoms with Crippen LogP contribution in [0.4, 0.5) is 5.69 Å². The van der Waals surface area contributed by atoms with Crippen molar-refractivity contribution in [1.82, 2.24) is 14.8 Å². The van der Waals surface area contributed by atoms with Crippen molar-refractivity contribution < 1.29 is 19.0 Å². The molecule has 0 saturated heterocycles. The quantitative estimate of drug-likeness (QED) is 0.324. The maximum absolute atomic E-state index is 12.5. The number of halogens is 1. The number of ether oxygens (including phenoxy) is 3. The Morgan fingerprint density at radius 3 is 2.59 bits per heavy atom. The van der Waals surface area contributed by atoms with Gasteiger partial charge in [-0.25, -0.2) is 0 Å². The molecule has 0 spiro atoms. The van der Waals surface area contributed by atoms with Gasteiger partial charge in [-0.1, -0.05) is 29.4 Å². The Morgan fingerprint density at radius 2 is 1.91 bits per heavy atom. The molecule has 0 aliphatic carbocycles. The van der Waals surface area contributed by atoms with Crippen LogP contribution in [0.2, 0.25) is 5.02 Å². The molecule has 0 aliphatic heterocycles. The molecule has 0 aliphatic rings. The number of methoxy groups -OCH3 is 2. The second-order valence-electron chi connectivity index (χ2n) is 6.44. The van der Waals surface area contributed by atoms with Crippen molar-refractivity contribution in [2.24, 2.45) is 0 Å². The van der Waals surface area contributed by atoms with Crippen molar-refractivity contribution in [2.45, 2.75) is 18.3 Å². The summed E-state index contributed by atoms with van der Waals surface area (Å²) >= 11 is 7.17. The van der Waals surface area contributed by atoms with Crippen LogP contribution in [0.3, 0.4) is 0 Å². The molecule has 0 bridgehead atoms. The number of aromatic nitrogens is 3. The molecular formula is C22H23ClN4O4S. The second-order valence-corrected chi connectivity index (χ2v) is 7.82. The fourth-order valence-electron chi connectivity index (χ4n) is 2.75. The molecule has 0 unspecified atom stereocenters. The first kappa shape index (κ1) is 23.5. The lowest BCUT2D eigenvalue weighted by Crippen LogP contribution is -2.15. The van der Waals surface area contributed by atoms with E-state index in [9.17, 15) is 4.79 Å². The molecule has 1 amide bonds. The summed E-state index contributed by atoms with van der Waals surface area (Å²) in [4.78, 5) is 12.5. The molecule has 0 radical (unpaired) electrons.